The van der Waals surface area contributed by atoms with Crippen molar-refractivity contribution in [3.8, 4) is 0 Å². The van der Waals surface area contributed by atoms with Gasteiger partial charge in [0.25, 0.3) is 5.91 Å². The molecule has 2 aromatic heterocycles. The number of nitrogens with one attached hydrogen (secondary N) is 1. The van der Waals surface area contributed by atoms with Crippen LogP contribution >= 0.6 is 0 Å². The topological polar surface area (TPSA) is 79.5 Å². The van der Waals surface area contributed by atoms with Gasteiger partial charge in [-0.2, -0.15) is 5.10 Å². The van der Waals surface area contributed by atoms with Crippen LogP contribution in [0.1, 0.15) is 28.7 Å². The van der Waals surface area contributed by atoms with Gasteiger partial charge >= 0.3 is 0 Å². The Morgan fingerprint density at radius 1 is 1.56 bits per heavy atom. The molecule has 96 valence electrons. The highest BCUT2D eigenvalue weighted by molar-refractivity contribution is 5.99. The number of amides is 1. The lowest BCUT2D eigenvalue weighted by Crippen LogP contribution is -2.30. The summed E-state index contributed by atoms with van der Waals surface area (Å²) in [6, 6.07) is 1.90. The molecule has 2 aromatic rings. The third-order valence-corrected chi connectivity index (χ3v) is 2.58. The number of nitrogens with zero attached hydrogens (tertiary/aromatic N) is 3. The molecule has 2 rings (SSSR count). The molecule has 0 aromatic carbocycles. The van der Waals surface area contributed by atoms with Crippen LogP contribution in [-0.2, 0) is 0 Å². The molecule has 6 nitrogen and oxygen atoms in total. The number of hydrogen-bond donors (Lipinski definition) is 2. The zero-order valence-corrected chi connectivity index (χ0v) is 10.6. The minimum atomic E-state index is -0.577. The Labute approximate surface area is 105 Å². The van der Waals surface area contributed by atoms with Crippen LogP contribution in [0.5, 0.6) is 0 Å². The van der Waals surface area contributed by atoms with Crippen LogP contribution in [0.25, 0.3) is 5.65 Å². The second-order valence-corrected chi connectivity index (χ2v) is 4.39. The van der Waals surface area contributed by atoms with Gasteiger partial charge in [-0.3, -0.25) is 4.79 Å². The summed E-state index contributed by atoms with van der Waals surface area (Å²) in [6.07, 6.45) is 0.916. The van der Waals surface area contributed by atoms with Gasteiger partial charge in [0.1, 0.15) is 5.56 Å². The molecule has 0 radical (unpaired) electrons. The first-order valence-electron chi connectivity index (χ1n) is 5.77. The maximum Gasteiger partial charge on any atom is 0.256 e. The van der Waals surface area contributed by atoms with E-state index in [0.29, 0.717) is 11.2 Å². The van der Waals surface area contributed by atoms with Gasteiger partial charge in [-0.15, -0.1) is 0 Å². The summed E-state index contributed by atoms with van der Waals surface area (Å²) < 4.78 is 1.63. The molecule has 0 aliphatic rings. The zero-order valence-electron chi connectivity index (χ0n) is 10.6. The van der Waals surface area contributed by atoms with Gasteiger partial charge in [0.05, 0.1) is 12.3 Å². The van der Waals surface area contributed by atoms with Crippen molar-refractivity contribution in [2.24, 2.45) is 0 Å². The molecule has 18 heavy (non-hydrogen) atoms. The van der Waals surface area contributed by atoms with E-state index in [-0.39, 0.29) is 12.5 Å². The first-order valence-corrected chi connectivity index (χ1v) is 5.77. The van der Waals surface area contributed by atoms with Crippen molar-refractivity contribution in [1.82, 2.24) is 19.9 Å². The van der Waals surface area contributed by atoms with Crippen molar-refractivity contribution in [2.75, 3.05) is 6.54 Å². The van der Waals surface area contributed by atoms with Gasteiger partial charge in [-0.25, -0.2) is 9.50 Å². The van der Waals surface area contributed by atoms with Crippen LogP contribution in [0.15, 0.2) is 12.3 Å². The molecule has 0 aliphatic carbocycles. The molecule has 1 atom stereocenters. The summed E-state index contributed by atoms with van der Waals surface area (Å²) in [7, 11) is 0. The Balaban J connectivity index is 2.37. The smallest absolute Gasteiger partial charge is 0.256 e. The summed E-state index contributed by atoms with van der Waals surface area (Å²) in [6.45, 7) is 5.60. The third-order valence-electron chi connectivity index (χ3n) is 2.58. The average molecular weight is 248 g/mol. The highest BCUT2D eigenvalue weighted by Crippen LogP contribution is 2.11. The quantitative estimate of drug-likeness (QED) is 0.827. The minimum absolute atomic E-state index is 0.209. The molecule has 0 aliphatic heterocycles. The lowest BCUT2D eigenvalue weighted by molar-refractivity contribution is 0.0925. The van der Waals surface area contributed by atoms with Gasteiger partial charge in [-0.05, 0) is 26.8 Å². The van der Waals surface area contributed by atoms with Crippen LogP contribution in [0.3, 0.4) is 0 Å². The van der Waals surface area contributed by atoms with E-state index < -0.39 is 6.10 Å². The Morgan fingerprint density at radius 3 is 2.94 bits per heavy atom. The number of aliphatic hydroxyl groups is 1. The fourth-order valence-electron chi connectivity index (χ4n) is 1.77. The Morgan fingerprint density at radius 2 is 2.28 bits per heavy atom. The van der Waals surface area contributed by atoms with E-state index in [0.717, 1.165) is 11.4 Å². The predicted octanol–water partition coefficient (Wildman–Crippen LogP) is 0.457. The third kappa shape index (κ3) is 2.33. The maximum absolute atomic E-state index is 11.9. The molecule has 2 N–H and O–H groups in total. The standard InChI is InChI=1S/C12H16N4O2/c1-7-4-8(2)16-11(15-7)10(6-14-16)12(18)13-5-9(3)17/h4,6,9,17H,5H2,1-3H3,(H,13,18)/t9-/m0/s1. The molecular formula is C12H16N4O2. The van der Waals surface area contributed by atoms with E-state index in [9.17, 15) is 4.79 Å². The second kappa shape index (κ2) is 4.73. The normalized spacial score (nSPS) is 12.7. The van der Waals surface area contributed by atoms with Gasteiger partial charge in [0.15, 0.2) is 5.65 Å². The number of carbonyl (C=O) groups is 1. The molecule has 0 unspecified atom stereocenters. The molecule has 0 bridgehead atoms. The number of aliphatic hydroxyl groups excluding tert-OH is 1. The van der Waals surface area contributed by atoms with Gasteiger partial charge in [0, 0.05) is 17.9 Å². The molecule has 6 heteroatoms. The molecule has 2 heterocycles. The van der Waals surface area contributed by atoms with Crippen LogP contribution in [-0.4, -0.2) is 38.3 Å². The first kappa shape index (κ1) is 12.5. The van der Waals surface area contributed by atoms with Crippen molar-refractivity contribution in [3.05, 3.63) is 29.2 Å². The molecule has 0 saturated heterocycles. The van der Waals surface area contributed by atoms with E-state index in [1.807, 2.05) is 19.9 Å². The maximum atomic E-state index is 11.9. The number of aromatic nitrogens is 3. The molecule has 0 saturated carbocycles. The van der Waals surface area contributed by atoms with E-state index in [2.05, 4.69) is 15.4 Å². The van der Waals surface area contributed by atoms with Crippen LogP contribution < -0.4 is 5.32 Å². The van der Waals surface area contributed by atoms with Crippen molar-refractivity contribution < 1.29 is 9.90 Å². The lowest BCUT2D eigenvalue weighted by atomic mass is 10.3. The van der Waals surface area contributed by atoms with Crippen LogP contribution in [0.2, 0.25) is 0 Å². The number of carbonyl (C=O) groups excluding carboxylic acids is 1. The molecule has 0 fully saturated rings. The van der Waals surface area contributed by atoms with E-state index in [1.54, 1.807) is 11.4 Å². The van der Waals surface area contributed by atoms with E-state index in [4.69, 9.17) is 5.11 Å². The monoisotopic (exact) mass is 248 g/mol. The summed E-state index contributed by atoms with van der Waals surface area (Å²) in [5.41, 5.74) is 2.72. The number of rotatable bonds is 3. The Bertz CT molecular complexity index is 589. The van der Waals surface area contributed by atoms with Gasteiger partial charge in [0.2, 0.25) is 0 Å². The fourth-order valence-corrected chi connectivity index (χ4v) is 1.77. The average Bonchev–Trinajstić information content (AvgIpc) is 2.69. The predicted molar refractivity (Wildman–Crippen MR) is 66.5 cm³/mol. The number of fused-ring (bicyclic) bond motifs is 1. The SMILES string of the molecule is Cc1cc(C)n2ncc(C(=O)NC[C@H](C)O)c2n1. The van der Waals surface area contributed by atoms with Crippen molar-refractivity contribution in [3.63, 3.8) is 0 Å². The summed E-state index contributed by atoms with van der Waals surface area (Å²) in [5.74, 6) is -0.275. The first-order chi connectivity index (χ1) is 8.49. The van der Waals surface area contributed by atoms with Crippen LogP contribution in [0, 0.1) is 13.8 Å². The Hall–Kier alpha value is -1.95. The highest BCUT2D eigenvalue weighted by atomic mass is 16.3. The zero-order chi connectivity index (χ0) is 13.3. The summed E-state index contributed by atoms with van der Waals surface area (Å²) >= 11 is 0. The van der Waals surface area contributed by atoms with E-state index in [1.165, 1.54) is 6.20 Å². The Kier molecular flexibility index (Phi) is 3.29. The van der Waals surface area contributed by atoms with Gasteiger partial charge in [-0.1, -0.05) is 0 Å². The summed E-state index contributed by atoms with van der Waals surface area (Å²) in [5, 5.41) is 15.9. The highest BCUT2D eigenvalue weighted by Gasteiger charge is 2.15. The summed E-state index contributed by atoms with van der Waals surface area (Å²) in [4.78, 5) is 16.3. The molecular weight excluding hydrogens is 232 g/mol. The number of hydrogen-bond acceptors (Lipinski definition) is 4. The molecule has 1 amide bonds. The van der Waals surface area contributed by atoms with Gasteiger partial charge < -0.3 is 10.4 Å². The van der Waals surface area contributed by atoms with Crippen LogP contribution in [0.4, 0.5) is 0 Å². The minimum Gasteiger partial charge on any atom is -0.392 e. The largest absolute Gasteiger partial charge is 0.392 e. The van der Waals surface area contributed by atoms with E-state index >= 15 is 0 Å². The van der Waals surface area contributed by atoms with Crippen molar-refractivity contribution >= 4 is 11.6 Å². The fraction of sp³-hybridized carbons (Fsp3) is 0.417. The second-order valence-electron chi connectivity index (χ2n) is 4.39. The number of aryl methyl sites for hydroxylation is 2. The van der Waals surface area contributed by atoms with Crippen molar-refractivity contribution in [1.29, 1.82) is 0 Å². The van der Waals surface area contributed by atoms with Crippen molar-refractivity contribution in [2.45, 2.75) is 26.9 Å². The lowest BCUT2D eigenvalue weighted by Gasteiger charge is -2.06. The molecule has 0 spiro atoms.